The van der Waals surface area contributed by atoms with Gasteiger partial charge in [-0.2, -0.15) is 5.10 Å². The molecule has 0 fully saturated rings. The van der Waals surface area contributed by atoms with Gasteiger partial charge in [0.15, 0.2) is 0 Å². The molecule has 2 aromatic rings. The second kappa shape index (κ2) is 9.62. The standard InChI is InChI=1S/C21H33N3O2/c1-7-8-9-24(4)14-17-13-22-23-21(17)16-11-19(25-5)18(10-15(2)3)20(12-16)26-6/h11-13,15H,7-10,14H2,1-6H3,(H,22,23). The van der Waals surface area contributed by atoms with Crippen LogP contribution >= 0.6 is 0 Å². The van der Waals surface area contributed by atoms with Gasteiger partial charge in [0, 0.05) is 23.2 Å². The minimum atomic E-state index is 0.526. The van der Waals surface area contributed by atoms with E-state index in [0.717, 1.165) is 47.8 Å². The number of ether oxygens (including phenoxy) is 2. The van der Waals surface area contributed by atoms with E-state index in [0.29, 0.717) is 5.92 Å². The predicted molar refractivity (Wildman–Crippen MR) is 107 cm³/mol. The Hall–Kier alpha value is -2.01. The lowest BCUT2D eigenvalue weighted by molar-refractivity contribution is 0.321. The molecule has 0 saturated carbocycles. The number of benzene rings is 1. The molecule has 2 rings (SSSR count). The maximum absolute atomic E-state index is 5.68. The highest BCUT2D eigenvalue weighted by atomic mass is 16.5. The summed E-state index contributed by atoms with van der Waals surface area (Å²) in [4.78, 5) is 2.33. The van der Waals surface area contributed by atoms with E-state index in [4.69, 9.17) is 9.47 Å². The summed E-state index contributed by atoms with van der Waals surface area (Å²) < 4.78 is 11.4. The van der Waals surface area contributed by atoms with Crippen LogP contribution in [0.2, 0.25) is 0 Å². The number of nitrogens with one attached hydrogen (secondary N) is 1. The zero-order chi connectivity index (χ0) is 19.1. The number of rotatable bonds is 10. The van der Waals surface area contributed by atoms with E-state index in [1.165, 1.54) is 18.4 Å². The molecule has 5 nitrogen and oxygen atoms in total. The van der Waals surface area contributed by atoms with E-state index in [2.05, 4.69) is 55.0 Å². The fourth-order valence-corrected chi connectivity index (χ4v) is 3.22. The minimum Gasteiger partial charge on any atom is -0.496 e. The highest BCUT2D eigenvalue weighted by molar-refractivity contribution is 5.68. The molecule has 1 N–H and O–H groups in total. The first-order valence-corrected chi connectivity index (χ1v) is 9.46. The Kier molecular flexibility index (Phi) is 7.51. The summed E-state index contributed by atoms with van der Waals surface area (Å²) in [5, 5.41) is 7.44. The van der Waals surface area contributed by atoms with Gasteiger partial charge in [0.25, 0.3) is 0 Å². The molecule has 144 valence electrons. The molecule has 0 radical (unpaired) electrons. The molecule has 0 bridgehead atoms. The summed E-state index contributed by atoms with van der Waals surface area (Å²) >= 11 is 0. The van der Waals surface area contributed by atoms with Crippen LogP contribution in [0.5, 0.6) is 11.5 Å². The predicted octanol–water partition coefficient (Wildman–Crippen LogP) is 4.52. The van der Waals surface area contributed by atoms with Crippen molar-refractivity contribution in [2.45, 2.75) is 46.6 Å². The van der Waals surface area contributed by atoms with Crippen molar-refractivity contribution >= 4 is 0 Å². The van der Waals surface area contributed by atoms with Crippen LogP contribution in [-0.4, -0.2) is 42.9 Å². The van der Waals surface area contributed by atoms with Crippen molar-refractivity contribution in [3.63, 3.8) is 0 Å². The third kappa shape index (κ3) is 5.01. The van der Waals surface area contributed by atoms with Gasteiger partial charge < -0.3 is 14.4 Å². The van der Waals surface area contributed by atoms with E-state index in [1.54, 1.807) is 14.2 Å². The number of methoxy groups -OCH3 is 2. The summed E-state index contributed by atoms with van der Waals surface area (Å²) in [6.07, 6.45) is 5.24. The van der Waals surface area contributed by atoms with Crippen molar-refractivity contribution in [2.75, 3.05) is 27.8 Å². The summed E-state index contributed by atoms with van der Waals surface area (Å²) in [7, 11) is 5.59. The summed E-state index contributed by atoms with van der Waals surface area (Å²) in [5.74, 6) is 2.26. The molecule has 1 heterocycles. The Labute approximate surface area is 157 Å². The first kappa shape index (κ1) is 20.3. The fourth-order valence-electron chi connectivity index (χ4n) is 3.22. The van der Waals surface area contributed by atoms with Gasteiger partial charge in [0.2, 0.25) is 0 Å². The normalized spacial score (nSPS) is 11.4. The number of aromatic amines is 1. The molecule has 0 saturated heterocycles. The van der Waals surface area contributed by atoms with E-state index in [9.17, 15) is 0 Å². The van der Waals surface area contributed by atoms with E-state index >= 15 is 0 Å². The first-order valence-electron chi connectivity index (χ1n) is 9.46. The quantitative estimate of drug-likeness (QED) is 0.677. The van der Waals surface area contributed by atoms with Gasteiger partial charge in [0.05, 0.1) is 26.1 Å². The lowest BCUT2D eigenvalue weighted by atomic mass is 9.97. The van der Waals surface area contributed by atoms with E-state index in [-0.39, 0.29) is 0 Å². The lowest BCUT2D eigenvalue weighted by Gasteiger charge is -2.18. The molecular weight excluding hydrogens is 326 g/mol. The van der Waals surface area contributed by atoms with Crippen LogP contribution in [0.15, 0.2) is 18.3 Å². The van der Waals surface area contributed by atoms with Gasteiger partial charge in [-0.05, 0) is 44.5 Å². The Morgan fingerprint density at radius 2 is 1.81 bits per heavy atom. The van der Waals surface area contributed by atoms with E-state index < -0.39 is 0 Å². The smallest absolute Gasteiger partial charge is 0.126 e. The van der Waals surface area contributed by atoms with Crippen molar-refractivity contribution in [1.82, 2.24) is 15.1 Å². The van der Waals surface area contributed by atoms with Gasteiger partial charge in [-0.1, -0.05) is 27.2 Å². The summed E-state index contributed by atoms with van der Waals surface area (Å²) in [6, 6.07) is 4.17. The summed E-state index contributed by atoms with van der Waals surface area (Å²) in [6.45, 7) is 8.57. The van der Waals surface area contributed by atoms with Crippen molar-refractivity contribution in [3.8, 4) is 22.8 Å². The maximum atomic E-state index is 5.68. The molecule has 0 aliphatic rings. The number of hydrogen-bond acceptors (Lipinski definition) is 4. The van der Waals surface area contributed by atoms with Gasteiger partial charge in [0.1, 0.15) is 11.5 Å². The van der Waals surface area contributed by atoms with E-state index in [1.807, 2.05) is 6.20 Å². The van der Waals surface area contributed by atoms with Crippen LogP contribution < -0.4 is 9.47 Å². The van der Waals surface area contributed by atoms with Gasteiger partial charge in [-0.3, -0.25) is 5.10 Å². The van der Waals surface area contributed by atoms with Crippen molar-refractivity contribution in [3.05, 3.63) is 29.5 Å². The van der Waals surface area contributed by atoms with Gasteiger partial charge in [-0.25, -0.2) is 0 Å². The zero-order valence-electron chi connectivity index (χ0n) is 17.1. The molecule has 0 unspecified atom stereocenters. The first-order chi connectivity index (χ1) is 12.5. The topological polar surface area (TPSA) is 50.4 Å². The Balaban J connectivity index is 2.36. The van der Waals surface area contributed by atoms with Gasteiger partial charge in [-0.15, -0.1) is 0 Å². The molecule has 5 heteroatoms. The van der Waals surface area contributed by atoms with Crippen LogP contribution in [0, 0.1) is 5.92 Å². The number of H-pyrrole nitrogens is 1. The maximum Gasteiger partial charge on any atom is 0.126 e. The molecule has 0 aliphatic heterocycles. The number of unbranched alkanes of at least 4 members (excludes halogenated alkanes) is 1. The third-order valence-corrected chi connectivity index (χ3v) is 4.56. The average molecular weight is 360 g/mol. The zero-order valence-corrected chi connectivity index (χ0v) is 17.1. The molecule has 26 heavy (non-hydrogen) atoms. The molecular formula is C21H33N3O2. The van der Waals surface area contributed by atoms with Crippen LogP contribution in [0.3, 0.4) is 0 Å². The molecule has 0 spiro atoms. The van der Waals surface area contributed by atoms with Crippen molar-refractivity contribution in [1.29, 1.82) is 0 Å². The Morgan fingerprint density at radius 1 is 1.15 bits per heavy atom. The second-order valence-electron chi connectivity index (χ2n) is 7.32. The van der Waals surface area contributed by atoms with Crippen LogP contribution in [0.4, 0.5) is 0 Å². The number of nitrogens with zero attached hydrogens (tertiary/aromatic N) is 2. The Morgan fingerprint density at radius 3 is 2.35 bits per heavy atom. The van der Waals surface area contributed by atoms with Gasteiger partial charge >= 0.3 is 0 Å². The lowest BCUT2D eigenvalue weighted by Crippen LogP contribution is -2.19. The summed E-state index contributed by atoms with van der Waals surface area (Å²) in [5.41, 5.74) is 4.38. The van der Waals surface area contributed by atoms with Crippen LogP contribution in [0.1, 0.15) is 44.7 Å². The largest absolute Gasteiger partial charge is 0.496 e. The van der Waals surface area contributed by atoms with Crippen LogP contribution in [0.25, 0.3) is 11.3 Å². The second-order valence-corrected chi connectivity index (χ2v) is 7.32. The Bertz CT molecular complexity index is 669. The third-order valence-electron chi connectivity index (χ3n) is 4.56. The average Bonchev–Trinajstić information content (AvgIpc) is 3.07. The highest BCUT2D eigenvalue weighted by Gasteiger charge is 2.17. The monoisotopic (exact) mass is 359 g/mol. The molecule has 0 amide bonds. The SMILES string of the molecule is CCCCN(C)Cc1cn[nH]c1-c1cc(OC)c(CC(C)C)c(OC)c1. The fraction of sp³-hybridized carbons (Fsp3) is 0.571. The molecule has 0 aliphatic carbocycles. The van der Waals surface area contributed by atoms with Crippen molar-refractivity contribution in [2.24, 2.45) is 5.92 Å². The van der Waals surface area contributed by atoms with Crippen LogP contribution in [-0.2, 0) is 13.0 Å². The molecule has 1 aromatic carbocycles. The highest BCUT2D eigenvalue weighted by Crippen LogP contribution is 2.37. The molecule has 1 aromatic heterocycles. The minimum absolute atomic E-state index is 0.526. The number of aromatic nitrogens is 2. The van der Waals surface area contributed by atoms with Crippen molar-refractivity contribution < 1.29 is 9.47 Å². The number of hydrogen-bond donors (Lipinski definition) is 1. The molecule has 0 atom stereocenters.